The number of benzene rings is 2. The van der Waals surface area contributed by atoms with Crippen LogP contribution in [0, 0.1) is 11.3 Å². The Bertz CT molecular complexity index is 1030. The molecule has 3 rings (SSSR count). The van der Waals surface area contributed by atoms with Crippen molar-refractivity contribution in [3.8, 4) is 11.8 Å². The molecule has 3 aromatic rings. The normalized spacial score (nSPS) is 10.5. The van der Waals surface area contributed by atoms with Gasteiger partial charge in [0.15, 0.2) is 0 Å². The first-order valence-electron chi connectivity index (χ1n) is 8.59. The summed E-state index contributed by atoms with van der Waals surface area (Å²) in [4.78, 5) is 18.7. The number of carbonyl (C=O) groups excluding carboxylic acids is 1. The van der Waals surface area contributed by atoms with Crippen LogP contribution in [0.3, 0.4) is 0 Å². The van der Waals surface area contributed by atoms with Gasteiger partial charge in [-0.1, -0.05) is 48.3 Å². The van der Waals surface area contributed by atoms with Crippen LogP contribution in [0.1, 0.15) is 34.5 Å². The molecular weight excluding hydrogens is 397 g/mol. The van der Waals surface area contributed by atoms with Crippen molar-refractivity contribution in [2.45, 2.75) is 19.9 Å². The molecule has 8 heteroatoms. The van der Waals surface area contributed by atoms with Crippen molar-refractivity contribution in [3.05, 3.63) is 75.3 Å². The summed E-state index contributed by atoms with van der Waals surface area (Å²) in [6, 6.07) is 14.3. The smallest absolute Gasteiger partial charge is 0.293 e. The molecule has 1 aromatic heterocycles. The van der Waals surface area contributed by atoms with Crippen LogP contribution in [0.15, 0.2) is 42.5 Å². The van der Waals surface area contributed by atoms with Crippen LogP contribution in [-0.4, -0.2) is 32.6 Å². The lowest BCUT2D eigenvalue weighted by atomic mass is 10.1. The van der Waals surface area contributed by atoms with Crippen molar-refractivity contribution >= 4 is 29.1 Å². The number of halogens is 2. The Balaban J connectivity index is 1.88. The lowest BCUT2D eigenvalue weighted by Gasteiger charge is -2.15. The fourth-order valence-electron chi connectivity index (χ4n) is 2.74. The average Bonchev–Trinajstić information content (AvgIpc) is 3.11. The van der Waals surface area contributed by atoms with Crippen molar-refractivity contribution in [1.29, 1.82) is 5.26 Å². The van der Waals surface area contributed by atoms with Gasteiger partial charge in [-0.2, -0.15) is 5.26 Å². The summed E-state index contributed by atoms with van der Waals surface area (Å²) >= 11 is 12.6. The van der Waals surface area contributed by atoms with Gasteiger partial charge in [-0.15, -0.1) is 5.10 Å². The molecule has 0 bridgehead atoms. The fourth-order valence-corrected chi connectivity index (χ4v) is 3.29. The zero-order valence-electron chi connectivity index (χ0n) is 15.4. The van der Waals surface area contributed by atoms with E-state index in [-0.39, 0.29) is 11.7 Å². The lowest BCUT2D eigenvalue weighted by Crippen LogP contribution is -2.27. The second-order valence-corrected chi connectivity index (χ2v) is 6.97. The number of amides is 1. The van der Waals surface area contributed by atoms with Crippen LogP contribution in [0.25, 0.3) is 5.69 Å². The Morgan fingerprint density at radius 2 is 1.82 bits per heavy atom. The number of nitriles is 1. The van der Waals surface area contributed by atoms with E-state index in [0.29, 0.717) is 40.1 Å². The molecule has 0 radical (unpaired) electrons. The first-order valence-corrected chi connectivity index (χ1v) is 9.35. The third-order valence-corrected chi connectivity index (χ3v) is 4.79. The van der Waals surface area contributed by atoms with E-state index in [1.807, 2.05) is 19.1 Å². The average molecular weight is 414 g/mol. The molecule has 0 aliphatic carbocycles. The molecule has 0 atom stereocenters. The van der Waals surface area contributed by atoms with E-state index < -0.39 is 0 Å². The van der Waals surface area contributed by atoms with E-state index in [1.54, 1.807) is 37.4 Å². The predicted octanol–water partition coefficient (Wildman–Crippen LogP) is 4.28. The van der Waals surface area contributed by atoms with E-state index in [0.717, 1.165) is 5.56 Å². The van der Waals surface area contributed by atoms with Crippen LogP contribution in [0.2, 0.25) is 10.0 Å². The quantitative estimate of drug-likeness (QED) is 0.625. The zero-order chi connectivity index (χ0) is 20.3. The van der Waals surface area contributed by atoms with E-state index >= 15 is 0 Å². The first-order chi connectivity index (χ1) is 13.4. The summed E-state index contributed by atoms with van der Waals surface area (Å²) in [5, 5.41) is 14.1. The van der Waals surface area contributed by atoms with Gasteiger partial charge in [0.05, 0.1) is 21.7 Å². The molecule has 142 valence electrons. The fraction of sp³-hybridized carbons (Fsp3) is 0.200. The molecule has 0 unspecified atom stereocenters. The maximum atomic E-state index is 12.8. The molecule has 0 saturated heterocycles. The third kappa shape index (κ3) is 4.01. The number of hydrogen-bond acceptors (Lipinski definition) is 4. The van der Waals surface area contributed by atoms with Crippen LogP contribution >= 0.6 is 23.2 Å². The molecule has 2 aromatic carbocycles. The lowest BCUT2D eigenvalue weighted by molar-refractivity contribution is 0.0773. The summed E-state index contributed by atoms with van der Waals surface area (Å²) in [6.07, 6.45) is 0.557. The summed E-state index contributed by atoms with van der Waals surface area (Å²) in [7, 11) is 1.68. The highest BCUT2D eigenvalue weighted by Crippen LogP contribution is 2.28. The number of nitrogens with zero attached hydrogens (tertiary/aromatic N) is 5. The maximum Gasteiger partial charge on any atom is 0.293 e. The van der Waals surface area contributed by atoms with Gasteiger partial charge < -0.3 is 4.90 Å². The number of rotatable bonds is 5. The Kier molecular flexibility index (Phi) is 5.98. The van der Waals surface area contributed by atoms with Gasteiger partial charge >= 0.3 is 0 Å². The number of aryl methyl sites for hydroxylation is 1. The molecule has 6 nitrogen and oxygen atoms in total. The van der Waals surface area contributed by atoms with Gasteiger partial charge in [-0.05, 0) is 29.8 Å². The Hall–Kier alpha value is -2.88. The van der Waals surface area contributed by atoms with E-state index in [1.165, 1.54) is 9.58 Å². The minimum atomic E-state index is -0.319. The summed E-state index contributed by atoms with van der Waals surface area (Å²) < 4.78 is 1.52. The van der Waals surface area contributed by atoms with Gasteiger partial charge in [0.25, 0.3) is 5.91 Å². The van der Waals surface area contributed by atoms with Crippen LogP contribution in [0.4, 0.5) is 0 Å². The largest absolute Gasteiger partial charge is 0.335 e. The topological polar surface area (TPSA) is 74.8 Å². The van der Waals surface area contributed by atoms with Crippen molar-refractivity contribution < 1.29 is 4.79 Å². The highest BCUT2D eigenvalue weighted by atomic mass is 35.5. The van der Waals surface area contributed by atoms with Gasteiger partial charge in [-0.3, -0.25) is 4.79 Å². The van der Waals surface area contributed by atoms with E-state index in [2.05, 4.69) is 16.2 Å². The Morgan fingerprint density at radius 3 is 2.39 bits per heavy atom. The predicted molar refractivity (Wildman–Crippen MR) is 108 cm³/mol. The van der Waals surface area contributed by atoms with Crippen molar-refractivity contribution in [3.63, 3.8) is 0 Å². The molecular formula is C20H17Cl2N5O. The van der Waals surface area contributed by atoms with E-state index in [9.17, 15) is 4.79 Å². The monoisotopic (exact) mass is 413 g/mol. The number of hydrogen-bond donors (Lipinski definition) is 0. The highest BCUT2D eigenvalue weighted by molar-refractivity contribution is 6.37. The first kappa shape index (κ1) is 19.9. The SMILES string of the molecule is CCc1nc(C(=O)N(C)Cc2ccc(C#N)cc2)nn1-c1c(Cl)cccc1Cl. The Labute approximate surface area is 172 Å². The molecule has 0 aliphatic rings. The minimum Gasteiger partial charge on any atom is -0.335 e. The second-order valence-electron chi connectivity index (χ2n) is 6.16. The van der Waals surface area contributed by atoms with Gasteiger partial charge in [0, 0.05) is 20.0 Å². The maximum absolute atomic E-state index is 12.8. The van der Waals surface area contributed by atoms with Crippen molar-refractivity contribution in [1.82, 2.24) is 19.7 Å². The van der Waals surface area contributed by atoms with Crippen LogP contribution < -0.4 is 0 Å². The van der Waals surface area contributed by atoms with Gasteiger partial charge in [-0.25, -0.2) is 9.67 Å². The number of carbonyl (C=O) groups is 1. The molecule has 0 fully saturated rings. The van der Waals surface area contributed by atoms with Crippen LogP contribution in [-0.2, 0) is 13.0 Å². The van der Waals surface area contributed by atoms with E-state index in [4.69, 9.17) is 28.5 Å². The zero-order valence-corrected chi connectivity index (χ0v) is 16.9. The molecule has 0 spiro atoms. The minimum absolute atomic E-state index is 0.0731. The molecule has 1 heterocycles. The highest BCUT2D eigenvalue weighted by Gasteiger charge is 2.22. The third-order valence-electron chi connectivity index (χ3n) is 4.18. The van der Waals surface area contributed by atoms with Crippen molar-refractivity contribution in [2.75, 3.05) is 7.05 Å². The van der Waals surface area contributed by atoms with Gasteiger partial charge in [0.2, 0.25) is 5.82 Å². The summed E-state index contributed by atoms with van der Waals surface area (Å²) in [5.74, 6) is 0.343. The summed E-state index contributed by atoms with van der Waals surface area (Å²) in [5.41, 5.74) is 1.98. The molecule has 0 saturated carbocycles. The molecule has 28 heavy (non-hydrogen) atoms. The van der Waals surface area contributed by atoms with Gasteiger partial charge in [0.1, 0.15) is 11.5 Å². The second kappa shape index (κ2) is 8.42. The number of aromatic nitrogens is 3. The van der Waals surface area contributed by atoms with Crippen LogP contribution in [0.5, 0.6) is 0 Å². The standard InChI is InChI=1S/C20H17Cl2N5O/c1-3-17-24-19(25-27(17)18-15(21)5-4-6-16(18)22)20(28)26(2)12-14-9-7-13(11-23)8-10-14/h4-10H,3,12H2,1-2H3. The Morgan fingerprint density at radius 1 is 1.18 bits per heavy atom. The number of para-hydroxylation sites is 1. The molecule has 0 aliphatic heterocycles. The molecule has 1 amide bonds. The molecule has 0 N–H and O–H groups in total. The van der Waals surface area contributed by atoms with Crippen molar-refractivity contribution in [2.24, 2.45) is 0 Å². The summed E-state index contributed by atoms with van der Waals surface area (Å²) in [6.45, 7) is 2.29.